The fourth-order valence-electron chi connectivity index (χ4n) is 2.11. The molecule has 1 aromatic rings. The Bertz CT molecular complexity index is 526. The molecule has 114 valence electrons. The van der Waals surface area contributed by atoms with Crippen molar-refractivity contribution in [3.05, 3.63) is 29.3 Å². The summed E-state index contributed by atoms with van der Waals surface area (Å²) in [4.78, 5) is 25.5. The zero-order valence-corrected chi connectivity index (χ0v) is 12.9. The molecule has 0 saturated carbocycles. The van der Waals surface area contributed by atoms with Crippen LogP contribution in [-0.2, 0) is 9.59 Å². The number of carbonyl (C=O) groups excluding carboxylic acids is 1. The zero-order valence-electron chi connectivity index (χ0n) is 11.3. The number of hydrogen-bond acceptors (Lipinski definition) is 4. The van der Waals surface area contributed by atoms with E-state index in [2.05, 4.69) is 0 Å². The van der Waals surface area contributed by atoms with Crippen molar-refractivity contribution in [2.75, 3.05) is 18.8 Å². The molecule has 1 saturated heterocycles. The number of carboxylic acid groups (broad SMARTS) is 1. The minimum Gasteiger partial charge on any atom is -0.479 e. The van der Waals surface area contributed by atoms with Gasteiger partial charge < -0.3 is 15.1 Å². The molecule has 0 radical (unpaired) electrons. The zero-order chi connectivity index (χ0) is 15.5. The molecule has 5 nitrogen and oxygen atoms in total. The lowest BCUT2D eigenvalue weighted by Crippen LogP contribution is -2.51. The van der Waals surface area contributed by atoms with Crippen molar-refractivity contribution >= 4 is 35.2 Å². The second-order valence-corrected chi connectivity index (χ2v) is 6.45. The summed E-state index contributed by atoms with van der Waals surface area (Å²) < 4.78 is 0. The minimum atomic E-state index is -1.69. The Morgan fingerprint density at radius 3 is 2.33 bits per heavy atom. The van der Waals surface area contributed by atoms with Crippen LogP contribution in [0, 0.1) is 0 Å². The number of benzene rings is 1. The predicted molar refractivity (Wildman–Crippen MR) is 80.6 cm³/mol. The van der Waals surface area contributed by atoms with Crippen molar-refractivity contribution < 1.29 is 19.8 Å². The highest BCUT2D eigenvalue weighted by Crippen LogP contribution is 2.24. The molecule has 1 aliphatic rings. The molecule has 0 aliphatic carbocycles. The van der Waals surface area contributed by atoms with E-state index in [9.17, 15) is 14.7 Å². The lowest BCUT2D eigenvalue weighted by molar-refractivity contribution is -0.165. The number of amides is 1. The van der Waals surface area contributed by atoms with Crippen LogP contribution in [0.5, 0.6) is 0 Å². The van der Waals surface area contributed by atoms with Crippen molar-refractivity contribution in [1.29, 1.82) is 0 Å². The van der Waals surface area contributed by atoms with E-state index in [1.54, 1.807) is 17.0 Å². The smallest absolute Gasteiger partial charge is 0.335 e. The first kappa shape index (κ1) is 16.1. The molecule has 0 unspecified atom stereocenters. The number of aliphatic carboxylic acids is 1. The Labute approximate surface area is 131 Å². The highest BCUT2D eigenvalue weighted by molar-refractivity contribution is 8.00. The summed E-state index contributed by atoms with van der Waals surface area (Å²) in [6.07, 6.45) is 0.138. The number of likely N-dealkylation sites (tertiary alicyclic amines) is 1. The maximum absolute atomic E-state index is 12.1. The molecule has 0 atom stereocenters. The SMILES string of the molecule is O=C(CSc1ccc(Cl)cc1)N1CCC(O)(C(=O)O)CC1. The molecule has 0 bridgehead atoms. The molecule has 0 spiro atoms. The van der Waals surface area contributed by atoms with Gasteiger partial charge in [0.15, 0.2) is 5.60 Å². The summed E-state index contributed by atoms with van der Waals surface area (Å²) in [7, 11) is 0. The Balaban J connectivity index is 1.82. The van der Waals surface area contributed by atoms with Gasteiger partial charge in [0.05, 0.1) is 5.75 Å². The van der Waals surface area contributed by atoms with Gasteiger partial charge in [0, 0.05) is 35.8 Å². The van der Waals surface area contributed by atoms with Gasteiger partial charge in [-0.15, -0.1) is 11.8 Å². The number of thioether (sulfide) groups is 1. The molecule has 2 N–H and O–H groups in total. The van der Waals surface area contributed by atoms with Gasteiger partial charge in [0.1, 0.15) is 0 Å². The molecule has 21 heavy (non-hydrogen) atoms. The predicted octanol–water partition coefficient (Wildman–Crippen LogP) is 1.87. The molecule has 1 fully saturated rings. The quantitative estimate of drug-likeness (QED) is 0.825. The van der Waals surface area contributed by atoms with E-state index in [4.69, 9.17) is 16.7 Å². The van der Waals surface area contributed by atoms with E-state index in [0.29, 0.717) is 5.02 Å². The van der Waals surface area contributed by atoms with Crippen LogP contribution in [0.25, 0.3) is 0 Å². The van der Waals surface area contributed by atoms with Crippen molar-refractivity contribution in [2.24, 2.45) is 0 Å². The fraction of sp³-hybridized carbons (Fsp3) is 0.429. The van der Waals surface area contributed by atoms with Crippen molar-refractivity contribution in [2.45, 2.75) is 23.3 Å². The summed E-state index contributed by atoms with van der Waals surface area (Å²) in [5.41, 5.74) is -1.69. The maximum Gasteiger partial charge on any atom is 0.335 e. The topological polar surface area (TPSA) is 77.8 Å². The number of piperidine rings is 1. The summed E-state index contributed by atoms with van der Waals surface area (Å²) in [5, 5.41) is 19.4. The van der Waals surface area contributed by atoms with Gasteiger partial charge in [-0.1, -0.05) is 11.6 Å². The average molecular weight is 330 g/mol. The van der Waals surface area contributed by atoms with Gasteiger partial charge in [-0.25, -0.2) is 4.79 Å². The molecule has 1 heterocycles. The number of aliphatic hydroxyl groups is 1. The lowest BCUT2D eigenvalue weighted by Gasteiger charge is -2.35. The third-order valence-electron chi connectivity index (χ3n) is 3.52. The summed E-state index contributed by atoms with van der Waals surface area (Å²) in [5.74, 6) is -0.986. The van der Waals surface area contributed by atoms with Crippen LogP contribution < -0.4 is 0 Å². The molecule has 7 heteroatoms. The molecular formula is C14H16ClNO4S. The third-order valence-corrected chi connectivity index (χ3v) is 4.77. The number of carboxylic acids is 1. The van der Waals surface area contributed by atoms with E-state index < -0.39 is 11.6 Å². The van der Waals surface area contributed by atoms with Crippen molar-refractivity contribution in [1.82, 2.24) is 4.90 Å². The number of rotatable bonds is 4. The van der Waals surface area contributed by atoms with Gasteiger partial charge >= 0.3 is 5.97 Å². The number of halogens is 1. The van der Waals surface area contributed by atoms with Crippen LogP contribution in [0.3, 0.4) is 0 Å². The molecule has 2 rings (SSSR count). The van der Waals surface area contributed by atoms with Gasteiger partial charge in [-0.05, 0) is 24.3 Å². The monoisotopic (exact) mass is 329 g/mol. The standard InChI is InChI=1S/C14H16ClNO4S/c15-10-1-3-11(4-2-10)21-9-12(17)16-7-5-14(20,6-8-16)13(18)19/h1-4,20H,5-9H2,(H,18,19). The van der Waals surface area contributed by atoms with E-state index in [1.807, 2.05) is 12.1 Å². The first-order valence-electron chi connectivity index (χ1n) is 6.53. The van der Waals surface area contributed by atoms with Gasteiger partial charge in [0.2, 0.25) is 5.91 Å². The highest BCUT2D eigenvalue weighted by Gasteiger charge is 2.40. The normalized spacial score (nSPS) is 17.5. The Kier molecular flexibility index (Phi) is 5.13. The van der Waals surface area contributed by atoms with Gasteiger partial charge in [-0.2, -0.15) is 0 Å². The number of nitrogens with zero attached hydrogens (tertiary/aromatic N) is 1. The van der Waals surface area contributed by atoms with Crippen molar-refractivity contribution in [3.8, 4) is 0 Å². The van der Waals surface area contributed by atoms with Crippen LogP contribution in [0.1, 0.15) is 12.8 Å². The summed E-state index contributed by atoms with van der Waals surface area (Å²) in [6, 6.07) is 7.23. The molecule has 1 aliphatic heterocycles. The summed E-state index contributed by atoms with van der Waals surface area (Å²) >= 11 is 7.20. The second-order valence-electron chi connectivity index (χ2n) is 4.96. The van der Waals surface area contributed by atoms with E-state index in [-0.39, 0.29) is 37.6 Å². The highest BCUT2D eigenvalue weighted by atomic mass is 35.5. The third kappa shape index (κ3) is 4.12. The molecular weight excluding hydrogens is 314 g/mol. The van der Waals surface area contributed by atoms with Crippen LogP contribution >= 0.6 is 23.4 Å². The second kappa shape index (κ2) is 6.68. The molecule has 0 aromatic heterocycles. The Morgan fingerprint density at radius 2 is 1.81 bits per heavy atom. The lowest BCUT2D eigenvalue weighted by atomic mass is 9.92. The van der Waals surface area contributed by atoms with Crippen molar-refractivity contribution in [3.63, 3.8) is 0 Å². The first-order valence-corrected chi connectivity index (χ1v) is 7.89. The largest absolute Gasteiger partial charge is 0.479 e. The van der Waals surface area contributed by atoms with Crippen LogP contribution in [0.4, 0.5) is 0 Å². The minimum absolute atomic E-state index is 0.0533. The Hall–Kier alpha value is -1.24. The number of hydrogen-bond donors (Lipinski definition) is 2. The van der Waals surface area contributed by atoms with E-state index in [0.717, 1.165) is 4.90 Å². The first-order chi connectivity index (χ1) is 9.90. The Morgan fingerprint density at radius 1 is 1.24 bits per heavy atom. The molecule has 1 amide bonds. The van der Waals surface area contributed by atoms with Crippen LogP contribution in [-0.4, -0.2) is 51.4 Å². The fourth-order valence-corrected chi connectivity index (χ4v) is 3.03. The van der Waals surface area contributed by atoms with E-state index in [1.165, 1.54) is 11.8 Å². The van der Waals surface area contributed by atoms with Crippen LogP contribution in [0.15, 0.2) is 29.2 Å². The molecule has 1 aromatic carbocycles. The average Bonchev–Trinajstić information content (AvgIpc) is 2.47. The van der Waals surface area contributed by atoms with E-state index >= 15 is 0 Å². The number of carbonyl (C=O) groups is 2. The maximum atomic E-state index is 12.1. The van der Waals surface area contributed by atoms with Crippen LogP contribution in [0.2, 0.25) is 5.02 Å². The van der Waals surface area contributed by atoms with Gasteiger partial charge in [0.25, 0.3) is 0 Å². The summed E-state index contributed by atoms with van der Waals surface area (Å²) in [6.45, 7) is 0.533. The van der Waals surface area contributed by atoms with Gasteiger partial charge in [-0.3, -0.25) is 4.79 Å².